The van der Waals surface area contributed by atoms with Crippen LogP contribution in [0.25, 0.3) is 22.7 Å². The standard InChI is InChI=1S/C23H26N4O2.C2H6/c1-24-21(19-13-18-9-4-5-10-20(18)26-23(19)29)12-16-7-6-8-17(11-16)14-25-22(28)15-27(2)3;1-2/h4-13,24H,14-15H2,1-3H3,(H,25,28)(H,26,29);1-2H3/b21-12-;. The number of aromatic amines is 1. The minimum absolute atomic E-state index is 0.0189. The van der Waals surface area contributed by atoms with Gasteiger partial charge in [0.05, 0.1) is 12.1 Å². The van der Waals surface area contributed by atoms with Crippen LogP contribution in [0.3, 0.4) is 0 Å². The molecule has 0 unspecified atom stereocenters. The van der Waals surface area contributed by atoms with Gasteiger partial charge in [-0.3, -0.25) is 9.59 Å². The Bertz CT molecular complexity index is 1100. The first-order chi connectivity index (χ1) is 15.0. The SMILES string of the molecule is CC.CN/C(=C\c1cccc(CNC(=O)CN(C)C)c1)c1cc2ccccc2[nH]c1=O. The molecule has 6 nitrogen and oxygen atoms in total. The van der Waals surface area contributed by atoms with Gasteiger partial charge in [0.15, 0.2) is 0 Å². The van der Waals surface area contributed by atoms with Gasteiger partial charge in [0, 0.05) is 24.8 Å². The third kappa shape index (κ3) is 6.83. The molecule has 1 heterocycles. The fourth-order valence-corrected chi connectivity index (χ4v) is 3.14. The summed E-state index contributed by atoms with van der Waals surface area (Å²) in [6.07, 6.45) is 1.94. The number of carbonyl (C=O) groups is 1. The Balaban J connectivity index is 0.00000166. The van der Waals surface area contributed by atoms with E-state index in [0.717, 1.165) is 27.7 Å². The van der Waals surface area contributed by atoms with Gasteiger partial charge >= 0.3 is 0 Å². The lowest BCUT2D eigenvalue weighted by atomic mass is 10.1. The Labute approximate surface area is 184 Å². The molecule has 0 atom stereocenters. The molecule has 2 aromatic carbocycles. The first-order valence-corrected chi connectivity index (χ1v) is 10.5. The summed E-state index contributed by atoms with van der Waals surface area (Å²) < 4.78 is 0. The molecule has 0 aliphatic carbocycles. The number of pyridine rings is 1. The van der Waals surface area contributed by atoms with Crippen LogP contribution in [0.5, 0.6) is 0 Å². The molecule has 0 saturated carbocycles. The lowest BCUT2D eigenvalue weighted by Gasteiger charge is -2.11. The van der Waals surface area contributed by atoms with Crippen LogP contribution in [0.1, 0.15) is 30.5 Å². The van der Waals surface area contributed by atoms with Crippen LogP contribution in [0, 0.1) is 0 Å². The van der Waals surface area contributed by atoms with E-state index in [4.69, 9.17) is 0 Å². The number of rotatable bonds is 7. The van der Waals surface area contributed by atoms with Crippen molar-refractivity contribution in [2.45, 2.75) is 20.4 Å². The molecule has 6 heteroatoms. The lowest BCUT2D eigenvalue weighted by molar-refractivity contribution is -0.121. The van der Waals surface area contributed by atoms with Gasteiger partial charge in [-0.15, -0.1) is 0 Å². The zero-order valence-corrected chi connectivity index (χ0v) is 19.0. The maximum atomic E-state index is 12.6. The van der Waals surface area contributed by atoms with Crippen molar-refractivity contribution < 1.29 is 4.79 Å². The largest absolute Gasteiger partial charge is 0.387 e. The second-order valence-corrected chi connectivity index (χ2v) is 7.17. The van der Waals surface area contributed by atoms with Crippen molar-refractivity contribution in [2.75, 3.05) is 27.7 Å². The summed E-state index contributed by atoms with van der Waals surface area (Å²) in [4.78, 5) is 29.2. The van der Waals surface area contributed by atoms with E-state index < -0.39 is 0 Å². The van der Waals surface area contributed by atoms with E-state index >= 15 is 0 Å². The van der Waals surface area contributed by atoms with Crippen LogP contribution in [0.4, 0.5) is 0 Å². The van der Waals surface area contributed by atoms with Crippen molar-refractivity contribution in [1.82, 2.24) is 20.5 Å². The fraction of sp³-hybridized carbons (Fsp3) is 0.280. The van der Waals surface area contributed by atoms with Gasteiger partial charge in [-0.25, -0.2) is 0 Å². The van der Waals surface area contributed by atoms with E-state index in [1.54, 1.807) is 7.05 Å². The minimum atomic E-state index is -0.142. The molecule has 31 heavy (non-hydrogen) atoms. The molecule has 3 aromatic rings. The highest BCUT2D eigenvalue weighted by Gasteiger charge is 2.08. The predicted molar refractivity (Wildman–Crippen MR) is 130 cm³/mol. The number of hydrogen-bond donors (Lipinski definition) is 3. The number of para-hydroxylation sites is 1. The van der Waals surface area contributed by atoms with Crippen molar-refractivity contribution in [1.29, 1.82) is 0 Å². The van der Waals surface area contributed by atoms with Gasteiger partial charge in [0.1, 0.15) is 0 Å². The molecule has 3 N–H and O–H groups in total. The first-order valence-electron chi connectivity index (χ1n) is 10.5. The molecule has 0 saturated heterocycles. The highest BCUT2D eigenvalue weighted by molar-refractivity contribution is 5.86. The van der Waals surface area contributed by atoms with Crippen molar-refractivity contribution in [3.8, 4) is 0 Å². The van der Waals surface area contributed by atoms with Crippen LogP contribution < -0.4 is 16.2 Å². The average molecular weight is 421 g/mol. The molecule has 1 amide bonds. The second-order valence-electron chi connectivity index (χ2n) is 7.17. The molecule has 164 valence electrons. The molecule has 0 fully saturated rings. The van der Waals surface area contributed by atoms with Crippen molar-refractivity contribution in [2.24, 2.45) is 0 Å². The maximum Gasteiger partial charge on any atom is 0.257 e. The molecule has 3 rings (SSSR count). The Hall–Kier alpha value is -3.38. The van der Waals surface area contributed by atoms with Gasteiger partial charge in [-0.05, 0) is 54.9 Å². The van der Waals surface area contributed by atoms with Gasteiger partial charge in [-0.1, -0.05) is 50.2 Å². The van der Waals surface area contributed by atoms with E-state index in [1.165, 1.54) is 0 Å². The van der Waals surface area contributed by atoms with Gasteiger partial charge < -0.3 is 20.5 Å². The van der Waals surface area contributed by atoms with Crippen LogP contribution in [-0.2, 0) is 11.3 Å². The number of nitrogens with one attached hydrogen (secondary N) is 3. The lowest BCUT2D eigenvalue weighted by Crippen LogP contribution is -2.32. The van der Waals surface area contributed by atoms with E-state index in [0.29, 0.717) is 18.7 Å². The van der Waals surface area contributed by atoms with Crippen LogP contribution in [0.15, 0.2) is 59.4 Å². The Morgan fingerprint density at radius 2 is 1.81 bits per heavy atom. The van der Waals surface area contributed by atoms with E-state index in [9.17, 15) is 9.59 Å². The van der Waals surface area contributed by atoms with Crippen LogP contribution in [0.2, 0.25) is 0 Å². The number of nitrogens with zero attached hydrogens (tertiary/aromatic N) is 1. The topological polar surface area (TPSA) is 77.2 Å². The minimum Gasteiger partial charge on any atom is -0.387 e. The first kappa shape index (κ1) is 23.9. The number of carbonyl (C=O) groups excluding carboxylic acids is 1. The Kier molecular flexibility index (Phi) is 9.03. The van der Waals surface area contributed by atoms with E-state index in [1.807, 2.05) is 93.5 Å². The zero-order chi connectivity index (χ0) is 22.8. The van der Waals surface area contributed by atoms with E-state index in [-0.39, 0.29) is 11.5 Å². The molecule has 1 aromatic heterocycles. The summed E-state index contributed by atoms with van der Waals surface area (Å²) in [5.41, 5.74) is 3.92. The number of hydrogen-bond acceptors (Lipinski definition) is 4. The number of benzene rings is 2. The van der Waals surface area contributed by atoms with Crippen molar-refractivity contribution >= 4 is 28.6 Å². The highest BCUT2D eigenvalue weighted by atomic mass is 16.2. The molecule has 0 radical (unpaired) electrons. The zero-order valence-electron chi connectivity index (χ0n) is 19.0. The number of H-pyrrole nitrogens is 1. The van der Waals surface area contributed by atoms with Crippen LogP contribution in [-0.4, -0.2) is 43.5 Å². The molecule has 0 aliphatic rings. The second kappa shape index (κ2) is 11.7. The molecule has 0 spiro atoms. The van der Waals surface area contributed by atoms with Gasteiger partial charge in [0.2, 0.25) is 5.91 Å². The summed E-state index contributed by atoms with van der Waals surface area (Å²) in [5.74, 6) is -0.0189. The third-order valence-electron chi connectivity index (χ3n) is 4.52. The Morgan fingerprint density at radius 3 is 2.52 bits per heavy atom. The number of amides is 1. The predicted octanol–water partition coefficient (Wildman–Crippen LogP) is 3.45. The van der Waals surface area contributed by atoms with E-state index in [2.05, 4.69) is 15.6 Å². The summed E-state index contributed by atoms with van der Waals surface area (Å²) >= 11 is 0. The molecular weight excluding hydrogens is 388 g/mol. The number of aromatic nitrogens is 1. The summed E-state index contributed by atoms with van der Waals surface area (Å²) in [6.45, 7) is 4.81. The normalized spacial score (nSPS) is 11.1. The quantitative estimate of drug-likeness (QED) is 0.547. The average Bonchev–Trinajstić information content (AvgIpc) is 2.77. The highest BCUT2D eigenvalue weighted by Crippen LogP contribution is 2.17. The summed E-state index contributed by atoms with van der Waals surface area (Å²) in [7, 11) is 5.52. The summed E-state index contributed by atoms with van der Waals surface area (Å²) in [5, 5.41) is 7.02. The maximum absolute atomic E-state index is 12.6. The molecule has 0 bridgehead atoms. The van der Waals surface area contributed by atoms with Crippen LogP contribution >= 0.6 is 0 Å². The molecular formula is C25H32N4O2. The smallest absolute Gasteiger partial charge is 0.257 e. The Morgan fingerprint density at radius 1 is 1.06 bits per heavy atom. The number of fused-ring (bicyclic) bond motifs is 1. The van der Waals surface area contributed by atoms with Crippen molar-refractivity contribution in [3.05, 3.63) is 81.6 Å². The van der Waals surface area contributed by atoms with Gasteiger partial charge in [0.25, 0.3) is 5.56 Å². The van der Waals surface area contributed by atoms with Crippen molar-refractivity contribution in [3.63, 3.8) is 0 Å². The third-order valence-corrected chi connectivity index (χ3v) is 4.52. The fourth-order valence-electron chi connectivity index (χ4n) is 3.14. The molecule has 0 aliphatic heterocycles. The monoisotopic (exact) mass is 420 g/mol. The number of likely N-dealkylation sites (N-methyl/N-ethyl adjacent to an activating group) is 1. The summed E-state index contributed by atoms with van der Waals surface area (Å²) in [6, 6.07) is 17.5. The van der Waals surface area contributed by atoms with Gasteiger partial charge in [-0.2, -0.15) is 0 Å².